The Morgan fingerprint density at radius 2 is 1.76 bits per heavy atom. The van der Waals surface area contributed by atoms with E-state index < -0.39 is 8.07 Å². The summed E-state index contributed by atoms with van der Waals surface area (Å²) in [4.78, 5) is 9.69. The van der Waals surface area contributed by atoms with Gasteiger partial charge in [0, 0.05) is 25.3 Å². The topological polar surface area (TPSA) is 49.2 Å². The van der Waals surface area contributed by atoms with Gasteiger partial charge in [-0.3, -0.25) is 0 Å². The summed E-state index contributed by atoms with van der Waals surface area (Å²) in [5.74, 6) is 2.42. The molecule has 4 rings (SSSR count). The van der Waals surface area contributed by atoms with Crippen LogP contribution < -0.4 is 4.74 Å². The van der Waals surface area contributed by atoms with Crippen LogP contribution in [0.15, 0.2) is 60.9 Å². The van der Waals surface area contributed by atoms with E-state index in [9.17, 15) is 0 Å². The van der Waals surface area contributed by atoms with Crippen LogP contribution in [0.5, 0.6) is 11.5 Å². The van der Waals surface area contributed by atoms with Gasteiger partial charge in [-0.1, -0.05) is 69.4 Å². The second-order valence-corrected chi connectivity index (χ2v) is 16.1. The zero-order valence-electron chi connectivity index (χ0n) is 20.5. The lowest BCUT2D eigenvalue weighted by molar-refractivity contribution is 0.0900. The van der Waals surface area contributed by atoms with E-state index in [0.29, 0.717) is 35.0 Å². The number of hydrogen-bond donors (Lipinski definition) is 0. The van der Waals surface area contributed by atoms with Crippen molar-refractivity contribution < 1.29 is 9.47 Å². The monoisotopic (exact) mass is 493 g/mol. The Balaban J connectivity index is 1.71. The lowest BCUT2D eigenvalue weighted by Gasteiger charge is -2.15. The quantitative estimate of drug-likeness (QED) is 0.175. The molecule has 0 N–H and O–H groups in total. The molecule has 0 saturated heterocycles. The molecule has 0 aliphatic heterocycles. The van der Waals surface area contributed by atoms with E-state index in [1.165, 1.54) is 5.56 Å². The van der Waals surface area contributed by atoms with Gasteiger partial charge >= 0.3 is 0 Å². The summed E-state index contributed by atoms with van der Waals surface area (Å²) < 4.78 is 14.3. The van der Waals surface area contributed by atoms with Gasteiger partial charge in [0.25, 0.3) is 0 Å². The van der Waals surface area contributed by atoms with Crippen LogP contribution in [0.25, 0.3) is 22.4 Å². The highest BCUT2D eigenvalue weighted by Crippen LogP contribution is 2.34. The molecule has 0 amide bonds. The maximum Gasteiger partial charge on any atom is 0.171 e. The maximum atomic E-state index is 6.24. The van der Waals surface area contributed by atoms with Gasteiger partial charge in [0.1, 0.15) is 18.0 Å². The summed E-state index contributed by atoms with van der Waals surface area (Å²) in [6.45, 7) is 12.6. The van der Waals surface area contributed by atoms with Crippen LogP contribution in [-0.2, 0) is 11.5 Å². The maximum absolute atomic E-state index is 6.24. The van der Waals surface area contributed by atoms with E-state index >= 15 is 0 Å². The predicted octanol–water partition coefficient (Wildman–Crippen LogP) is 7.98. The van der Waals surface area contributed by atoms with Gasteiger partial charge in [-0.15, -0.1) is 0 Å². The van der Waals surface area contributed by atoms with Crippen LogP contribution >= 0.6 is 11.6 Å². The number of nitrogens with zero attached hydrogens (tertiary/aromatic N) is 3. The Labute approximate surface area is 207 Å². The molecule has 2 aromatic heterocycles. The highest BCUT2D eigenvalue weighted by molar-refractivity contribution is 6.76. The first-order valence-electron chi connectivity index (χ1n) is 11.7. The van der Waals surface area contributed by atoms with Crippen molar-refractivity contribution in [3.63, 3.8) is 0 Å². The summed E-state index contributed by atoms with van der Waals surface area (Å²) >= 11 is 6.05. The summed E-state index contributed by atoms with van der Waals surface area (Å²) in [6.07, 6.45) is 3.81. The Kier molecular flexibility index (Phi) is 7.41. The number of rotatable bonds is 9. The van der Waals surface area contributed by atoms with Crippen molar-refractivity contribution in [2.24, 2.45) is 0 Å². The minimum atomic E-state index is -1.15. The van der Waals surface area contributed by atoms with E-state index in [1.54, 1.807) is 0 Å². The van der Waals surface area contributed by atoms with Crippen LogP contribution in [0.2, 0.25) is 30.7 Å². The largest absolute Gasteiger partial charge is 0.453 e. The van der Waals surface area contributed by atoms with Crippen LogP contribution in [-0.4, -0.2) is 29.2 Å². The number of fused-ring (bicyclic) bond motifs is 1. The van der Waals surface area contributed by atoms with Crippen molar-refractivity contribution >= 4 is 30.7 Å². The fourth-order valence-corrected chi connectivity index (χ4v) is 4.61. The molecule has 0 radical (unpaired) electrons. The lowest BCUT2D eigenvalue weighted by Crippen LogP contribution is -2.21. The second kappa shape index (κ2) is 10.3. The fourth-order valence-electron chi connectivity index (χ4n) is 3.73. The Bertz CT molecular complexity index is 1260. The van der Waals surface area contributed by atoms with Crippen LogP contribution in [0, 0.1) is 0 Å². The molecule has 0 bridgehead atoms. The van der Waals surface area contributed by atoms with Gasteiger partial charge in [-0.05, 0) is 41.8 Å². The molecule has 0 aliphatic rings. The van der Waals surface area contributed by atoms with Gasteiger partial charge in [0.2, 0.25) is 0 Å². The first-order valence-corrected chi connectivity index (χ1v) is 15.8. The van der Waals surface area contributed by atoms with E-state index in [-0.39, 0.29) is 0 Å². The number of ether oxygens (including phenoxy) is 2. The minimum Gasteiger partial charge on any atom is -0.453 e. The molecule has 0 aliphatic carbocycles. The zero-order valence-corrected chi connectivity index (χ0v) is 22.3. The van der Waals surface area contributed by atoms with Crippen LogP contribution in [0.1, 0.15) is 25.3 Å². The third-order valence-corrected chi connectivity index (χ3v) is 7.63. The number of hydrogen-bond acceptors (Lipinski definition) is 4. The van der Waals surface area contributed by atoms with Crippen LogP contribution in [0.3, 0.4) is 0 Å². The molecular weight excluding hydrogens is 462 g/mol. The smallest absolute Gasteiger partial charge is 0.171 e. The third-order valence-electron chi connectivity index (χ3n) is 5.68. The SMILES string of the molecule is CC(C)c1ccccc1-c1ncc2c(n1)c(Oc1ccc(Cl)cc1)cn2COCC[Si](C)(C)C. The van der Waals surface area contributed by atoms with Crippen molar-refractivity contribution in [3.8, 4) is 22.9 Å². The first-order chi connectivity index (χ1) is 16.2. The predicted molar refractivity (Wildman–Crippen MR) is 143 cm³/mol. The summed E-state index contributed by atoms with van der Waals surface area (Å²) in [5, 5.41) is 0.667. The average Bonchev–Trinajstić information content (AvgIpc) is 3.14. The van der Waals surface area contributed by atoms with Crippen molar-refractivity contribution in [1.82, 2.24) is 14.5 Å². The molecule has 178 valence electrons. The van der Waals surface area contributed by atoms with Crippen molar-refractivity contribution in [1.29, 1.82) is 0 Å². The van der Waals surface area contributed by atoms with E-state index in [4.69, 9.17) is 31.0 Å². The molecular formula is C27H32ClN3O2Si. The zero-order chi connectivity index (χ0) is 24.3. The summed E-state index contributed by atoms with van der Waals surface area (Å²) in [5.41, 5.74) is 3.89. The molecule has 0 saturated carbocycles. The molecule has 0 spiro atoms. The fraction of sp³-hybridized carbons (Fsp3) is 0.333. The molecule has 2 aromatic carbocycles. The highest BCUT2D eigenvalue weighted by Gasteiger charge is 2.18. The van der Waals surface area contributed by atoms with E-state index in [1.807, 2.05) is 47.3 Å². The second-order valence-electron chi connectivity index (χ2n) is 10.0. The van der Waals surface area contributed by atoms with Gasteiger partial charge in [0.05, 0.1) is 17.9 Å². The standard InChI is InChI=1S/C27H32ClN3O2Si/c1-19(2)22-8-6-7-9-23(22)27-29-16-24-26(30-27)25(33-21-12-10-20(28)11-13-21)17-31(24)18-32-14-15-34(3,4)5/h6-13,16-17,19H,14-15,18H2,1-5H3. The molecule has 0 unspecified atom stereocenters. The Morgan fingerprint density at radius 1 is 1.03 bits per heavy atom. The number of benzene rings is 2. The number of halogens is 1. The van der Waals surface area contributed by atoms with Crippen molar-refractivity contribution in [2.45, 2.75) is 52.2 Å². The van der Waals surface area contributed by atoms with Gasteiger partial charge < -0.3 is 14.0 Å². The van der Waals surface area contributed by atoms with Crippen molar-refractivity contribution in [3.05, 3.63) is 71.5 Å². The van der Waals surface area contributed by atoms with Crippen molar-refractivity contribution in [2.75, 3.05) is 6.61 Å². The molecule has 2 heterocycles. The molecule has 0 atom stereocenters. The minimum absolute atomic E-state index is 0.365. The van der Waals surface area contributed by atoms with E-state index in [0.717, 1.165) is 29.2 Å². The first kappa shape index (κ1) is 24.5. The molecule has 7 heteroatoms. The molecule has 34 heavy (non-hydrogen) atoms. The van der Waals surface area contributed by atoms with E-state index in [2.05, 4.69) is 51.7 Å². The van der Waals surface area contributed by atoms with Gasteiger partial charge in [-0.2, -0.15) is 0 Å². The van der Waals surface area contributed by atoms with Crippen LogP contribution in [0.4, 0.5) is 0 Å². The Morgan fingerprint density at radius 3 is 2.47 bits per heavy atom. The summed E-state index contributed by atoms with van der Waals surface area (Å²) in [6, 6.07) is 16.7. The van der Waals surface area contributed by atoms with Gasteiger partial charge in [0.15, 0.2) is 11.6 Å². The average molecular weight is 494 g/mol. The highest BCUT2D eigenvalue weighted by atomic mass is 35.5. The molecule has 5 nitrogen and oxygen atoms in total. The van der Waals surface area contributed by atoms with Gasteiger partial charge in [-0.25, -0.2) is 9.97 Å². The Hall–Kier alpha value is -2.67. The third kappa shape index (κ3) is 5.87. The molecule has 4 aromatic rings. The lowest BCUT2D eigenvalue weighted by atomic mass is 9.97. The normalized spacial score (nSPS) is 12.0. The summed E-state index contributed by atoms with van der Waals surface area (Å²) in [7, 11) is -1.15. The molecule has 0 fully saturated rings. The number of aromatic nitrogens is 3.